The Morgan fingerprint density at radius 3 is 2.29 bits per heavy atom. The Bertz CT molecular complexity index is 731. The van der Waals surface area contributed by atoms with Crippen LogP contribution in [0.4, 0.5) is 5.69 Å². The van der Waals surface area contributed by atoms with E-state index in [2.05, 4.69) is 22.1 Å². The molecule has 0 fully saturated rings. The second kappa shape index (κ2) is 8.23. The minimum atomic E-state index is -0.127. The van der Waals surface area contributed by atoms with E-state index in [9.17, 15) is 0 Å². The van der Waals surface area contributed by atoms with Gasteiger partial charge in [-0.1, -0.05) is 36.9 Å². The molecule has 7 nitrogen and oxygen atoms in total. The van der Waals surface area contributed by atoms with E-state index in [1.54, 1.807) is 18.2 Å². The Morgan fingerprint density at radius 2 is 1.71 bits per heavy atom. The average Bonchev–Trinajstić information content (AvgIpc) is 2.60. The first-order valence-corrected chi connectivity index (χ1v) is 7.20. The highest BCUT2D eigenvalue weighted by Gasteiger charge is 1.98. The van der Waals surface area contributed by atoms with Crippen molar-refractivity contribution in [3.8, 4) is 5.75 Å². The number of guanidine groups is 2. The molecule has 0 bridgehead atoms. The first-order valence-electron chi connectivity index (χ1n) is 7.20. The summed E-state index contributed by atoms with van der Waals surface area (Å²) >= 11 is 0. The van der Waals surface area contributed by atoms with E-state index < -0.39 is 0 Å². The van der Waals surface area contributed by atoms with Crippen molar-refractivity contribution in [2.45, 2.75) is 6.61 Å². The second-order valence-electron chi connectivity index (χ2n) is 4.87. The highest BCUT2D eigenvalue weighted by Crippen LogP contribution is 2.19. The molecule has 0 spiro atoms. The van der Waals surface area contributed by atoms with Crippen LogP contribution in [0.15, 0.2) is 65.2 Å². The molecule has 124 valence electrons. The van der Waals surface area contributed by atoms with Crippen LogP contribution in [0.5, 0.6) is 5.75 Å². The van der Waals surface area contributed by atoms with Gasteiger partial charge in [0.1, 0.15) is 12.4 Å². The summed E-state index contributed by atoms with van der Waals surface area (Å²) in [5.74, 6) is 0.690. The van der Waals surface area contributed by atoms with Gasteiger partial charge in [-0.15, -0.1) is 5.10 Å². The fourth-order valence-electron chi connectivity index (χ4n) is 1.82. The van der Waals surface area contributed by atoms with Gasteiger partial charge in [-0.3, -0.25) is 0 Å². The van der Waals surface area contributed by atoms with Crippen LogP contribution in [0.3, 0.4) is 0 Å². The molecule has 2 aromatic carbocycles. The number of ether oxygens (including phenoxy) is 1. The summed E-state index contributed by atoms with van der Waals surface area (Å²) in [5, 5.41) is 3.55. The zero-order chi connectivity index (χ0) is 17.4. The molecule has 2 aromatic rings. The Balaban J connectivity index is 1.92. The summed E-state index contributed by atoms with van der Waals surface area (Å²) in [5.41, 5.74) is 21.2. The van der Waals surface area contributed by atoms with Crippen molar-refractivity contribution in [2.24, 2.45) is 27.3 Å². The monoisotopic (exact) mass is 324 g/mol. The van der Waals surface area contributed by atoms with Crippen molar-refractivity contribution >= 4 is 23.7 Å². The molecule has 0 atom stereocenters. The zero-order valence-corrected chi connectivity index (χ0v) is 13.1. The average molecular weight is 324 g/mol. The SMILES string of the molecule is C=Cc1ccc(COc2ccc(N=C(N)NN=C(N)N)cc2)cc1. The Kier molecular flexibility index (Phi) is 5.79. The van der Waals surface area contributed by atoms with Crippen molar-refractivity contribution < 1.29 is 4.74 Å². The predicted molar refractivity (Wildman–Crippen MR) is 97.5 cm³/mol. The van der Waals surface area contributed by atoms with Crippen molar-refractivity contribution in [1.29, 1.82) is 0 Å². The van der Waals surface area contributed by atoms with E-state index >= 15 is 0 Å². The third kappa shape index (κ3) is 5.38. The molecule has 0 unspecified atom stereocenters. The number of hydrazone groups is 1. The molecule has 0 aromatic heterocycles. The maximum Gasteiger partial charge on any atom is 0.214 e. The lowest BCUT2D eigenvalue weighted by atomic mass is 10.1. The lowest BCUT2D eigenvalue weighted by molar-refractivity contribution is 0.306. The summed E-state index contributed by atoms with van der Waals surface area (Å²) in [4.78, 5) is 4.11. The van der Waals surface area contributed by atoms with Gasteiger partial charge >= 0.3 is 0 Å². The summed E-state index contributed by atoms with van der Waals surface area (Å²) in [6.45, 7) is 4.21. The maximum atomic E-state index is 5.73. The van der Waals surface area contributed by atoms with Crippen LogP contribution in [0, 0.1) is 0 Å². The molecule has 7 N–H and O–H groups in total. The number of hydrogen-bond acceptors (Lipinski definition) is 3. The van der Waals surface area contributed by atoms with Crippen LogP contribution < -0.4 is 27.4 Å². The van der Waals surface area contributed by atoms with Crippen LogP contribution in [0.2, 0.25) is 0 Å². The van der Waals surface area contributed by atoms with Crippen LogP contribution in [-0.4, -0.2) is 11.9 Å². The van der Waals surface area contributed by atoms with E-state index in [-0.39, 0.29) is 11.9 Å². The minimum absolute atomic E-state index is 0.0828. The van der Waals surface area contributed by atoms with Crippen LogP contribution in [0.1, 0.15) is 11.1 Å². The van der Waals surface area contributed by atoms with Crippen molar-refractivity contribution in [3.05, 3.63) is 66.2 Å². The molecule has 0 heterocycles. The molecule has 24 heavy (non-hydrogen) atoms. The largest absolute Gasteiger partial charge is 0.489 e. The molecular formula is C17H20N6O. The normalized spacial score (nSPS) is 10.8. The summed E-state index contributed by atoms with van der Waals surface area (Å²) in [7, 11) is 0. The van der Waals surface area contributed by atoms with E-state index in [4.69, 9.17) is 21.9 Å². The Hall–Kier alpha value is -3.48. The third-order valence-electron chi connectivity index (χ3n) is 3.01. The van der Waals surface area contributed by atoms with Gasteiger partial charge in [0.05, 0.1) is 5.69 Å². The molecule has 0 aliphatic rings. The summed E-state index contributed by atoms with van der Waals surface area (Å²) < 4.78 is 5.73. The third-order valence-corrected chi connectivity index (χ3v) is 3.01. The minimum Gasteiger partial charge on any atom is -0.489 e. The van der Waals surface area contributed by atoms with E-state index in [0.717, 1.165) is 16.9 Å². The van der Waals surface area contributed by atoms with Crippen LogP contribution in [-0.2, 0) is 6.61 Å². The first kappa shape index (κ1) is 16.9. The molecule has 0 aliphatic heterocycles. The van der Waals surface area contributed by atoms with Crippen molar-refractivity contribution in [2.75, 3.05) is 0 Å². The Labute approximate surface area is 140 Å². The molecule has 2 rings (SSSR count). The van der Waals surface area contributed by atoms with Gasteiger partial charge in [0, 0.05) is 0 Å². The lowest BCUT2D eigenvalue weighted by Crippen LogP contribution is -2.32. The maximum absolute atomic E-state index is 5.73. The molecule has 7 heteroatoms. The van der Waals surface area contributed by atoms with Crippen LogP contribution in [0.25, 0.3) is 6.08 Å². The van der Waals surface area contributed by atoms with Gasteiger partial charge in [-0.05, 0) is 35.4 Å². The smallest absolute Gasteiger partial charge is 0.214 e. The second-order valence-corrected chi connectivity index (χ2v) is 4.87. The van der Waals surface area contributed by atoms with Gasteiger partial charge < -0.3 is 21.9 Å². The van der Waals surface area contributed by atoms with E-state index in [1.165, 1.54) is 0 Å². The van der Waals surface area contributed by atoms with Gasteiger partial charge in [0.2, 0.25) is 11.9 Å². The zero-order valence-electron chi connectivity index (χ0n) is 13.1. The molecular weight excluding hydrogens is 304 g/mol. The number of nitrogens with two attached hydrogens (primary N) is 3. The van der Waals surface area contributed by atoms with Crippen LogP contribution >= 0.6 is 0 Å². The standard InChI is InChI=1S/C17H20N6O/c1-2-12-3-5-13(6-4-12)11-24-15-9-7-14(8-10-15)21-17(20)23-22-16(18)19/h2-10H,1,11H2,(H4,18,19,22)(H3,20,21,23). The number of rotatable bonds is 6. The molecule has 0 saturated carbocycles. The quantitative estimate of drug-likeness (QED) is 0.365. The van der Waals surface area contributed by atoms with Gasteiger partial charge in [0.15, 0.2) is 0 Å². The molecule has 0 radical (unpaired) electrons. The topological polar surface area (TPSA) is 124 Å². The van der Waals surface area contributed by atoms with Crippen molar-refractivity contribution in [1.82, 2.24) is 5.43 Å². The highest BCUT2D eigenvalue weighted by atomic mass is 16.5. The fourth-order valence-corrected chi connectivity index (χ4v) is 1.82. The molecule has 0 amide bonds. The first-order chi connectivity index (χ1) is 11.6. The fraction of sp³-hybridized carbons (Fsp3) is 0.0588. The van der Waals surface area contributed by atoms with Gasteiger partial charge in [-0.2, -0.15) is 0 Å². The van der Waals surface area contributed by atoms with E-state index in [1.807, 2.05) is 36.4 Å². The number of nitrogens with zero attached hydrogens (tertiary/aromatic N) is 2. The van der Waals surface area contributed by atoms with Gasteiger partial charge in [-0.25, -0.2) is 10.4 Å². The molecule has 0 aliphatic carbocycles. The van der Waals surface area contributed by atoms with Crippen molar-refractivity contribution in [3.63, 3.8) is 0 Å². The number of aliphatic imine (C=N–C) groups is 1. The Morgan fingerprint density at radius 1 is 1.04 bits per heavy atom. The number of nitrogens with one attached hydrogen (secondary N) is 1. The summed E-state index contributed by atoms with van der Waals surface area (Å²) in [6.07, 6.45) is 1.80. The van der Waals surface area contributed by atoms with Gasteiger partial charge in [0.25, 0.3) is 0 Å². The summed E-state index contributed by atoms with van der Waals surface area (Å²) in [6, 6.07) is 15.2. The number of benzene rings is 2. The van der Waals surface area contributed by atoms with E-state index in [0.29, 0.717) is 12.3 Å². The lowest BCUT2D eigenvalue weighted by Gasteiger charge is -2.07. The predicted octanol–water partition coefficient (Wildman–Crippen LogP) is 1.63. The number of hydrogen-bond donors (Lipinski definition) is 4. The molecule has 0 saturated heterocycles. The highest BCUT2D eigenvalue weighted by molar-refractivity contribution is 5.83.